The second-order valence-electron chi connectivity index (χ2n) is 4.04. The first-order valence-electron chi connectivity index (χ1n) is 5.73. The molecule has 0 aliphatic heterocycles. The molecular formula is C13H17NO5. The number of amides is 1. The molecule has 1 aromatic rings. The van der Waals surface area contributed by atoms with E-state index in [-0.39, 0.29) is 6.61 Å². The monoisotopic (exact) mass is 267 g/mol. The summed E-state index contributed by atoms with van der Waals surface area (Å²) in [6, 6.07) is 5.36. The zero-order valence-corrected chi connectivity index (χ0v) is 11.1. The third kappa shape index (κ3) is 4.59. The number of carbonyl (C=O) groups is 2. The second-order valence-corrected chi connectivity index (χ2v) is 4.04. The molecule has 0 spiro atoms. The predicted molar refractivity (Wildman–Crippen MR) is 69.4 cm³/mol. The van der Waals surface area contributed by atoms with Gasteiger partial charge < -0.3 is 19.9 Å². The van der Waals surface area contributed by atoms with Crippen molar-refractivity contribution in [3.63, 3.8) is 0 Å². The standard InChI is InChI=1S/C13H17NO5/c1-8-4-5-11(18-3)10(6-8)14-12(15)7-19-9(2)13(16)17/h4-6,9H,7H2,1-3H3,(H,14,15)(H,16,17)/t9-/m1/s1. The van der Waals surface area contributed by atoms with Crippen molar-refractivity contribution in [3.8, 4) is 5.75 Å². The Morgan fingerprint density at radius 1 is 1.42 bits per heavy atom. The summed E-state index contributed by atoms with van der Waals surface area (Å²) in [7, 11) is 1.50. The van der Waals surface area contributed by atoms with Crippen molar-refractivity contribution >= 4 is 17.6 Å². The van der Waals surface area contributed by atoms with Crippen LogP contribution in [0.4, 0.5) is 5.69 Å². The van der Waals surface area contributed by atoms with Gasteiger partial charge in [-0.15, -0.1) is 0 Å². The van der Waals surface area contributed by atoms with Gasteiger partial charge in [0.15, 0.2) is 6.10 Å². The Bertz CT molecular complexity index is 472. The van der Waals surface area contributed by atoms with E-state index in [0.717, 1.165) is 5.56 Å². The van der Waals surface area contributed by atoms with Crippen LogP contribution >= 0.6 is 0 Å². The number of benzene rings is 1. The minimum Gasteiger partial charge on any atom is -0.495 e. The smallest absolute Gasteiger partial charge is 0.332 e. The number of hydrogen-bond donors (Lipinski definition) is 2. The summed E-state index contributed by atoms with van der Waals surface area (Å²) in [6.07, 6.45) is -1.02. The average molecular weight is 267 g/mol. The number of hydrogen-bond acceptors (Lipinski definition) is 4. The fraction of sp³-hybridized carbons (Fsp3) is 0.385. The first kappa shape index (κ1) is 15.0. The summed E-state index contributed by atoms with van der Waals surface area (Å²) in [4.78, 5) is 22.2. The molecule has 0 saturated heterocycles. The Balaban J connectivity index is 2.62. The SMILES string of the molecule is COc1ccc(C)cc1NC(=O)CO[C@H](C)C(=O)O. The van der Waals surface area contributed by atoms with Crippen LogP contribution < -0.4 is 10.1 Å². The highest BCUT2D eigenvalue weighted by atomic mass is 16.5. The maximum absolute atomic E-state index is 11.6. The highest BCUT2D eigenvalue weighted by Crippen LogP contribution is 2.24. The van der Waals surface area contributed by atoms with E-state index < -0.39 is 18.0 Å². The van der Waals surface area contributed by atoms with E-state index in [1.807, 2.05) is 13.0 Å². The zero-order chi connectivity index (χ0) is 14.4. The Hall–Kier alpha value is -2.08. The lowest BCUT2D eigenvalue weighted by Crippen LogP contribution is -2.26. The van der Waals surface area contributed by atoms with Gasteiger partial charge in [-0.1, -0.05) is 6.07 Å². The molecule has 0 saturated carbocycles. The molecule has 0 bridgehead atoms. The van der Waals surface area contributed by atoms with Crippen molar-refractivity contribution in [1.82, 2.24) is 0 Å². The Kier molecular flexibility index (Phi) is 5.32. The summed E-state index contributed by atoms with van der Waals surface area (Å²) < 4.78 is 10.0. The summed E-state index contributed by atoms with van der Waals surface area (Å²) in [6.45, 7) is 2.92. The number of rotatable bonds is 6. The fourth-order valence-corrected chi connectivity index (χ4v) is 1.38. The number of aliphatic carboxylic acids is 1. The van der Waals surface area contributed by atoms with Crippen molar-refractivity contribution in [2.45, 2.75) is 20.0 Å². The normalized spacial score (nSPS) is 11.7. The van der Waals surface area contributed by atoms with Gasteiger partial charge in [0, 0.05) is 0 Å². The average Bonchev–Trinajstić information content (AvgIpc) is 2.36. The molecule has 0 fully saturated rings. The highest BCUT2D eigenvalue weighted by Gasteiger charge is 2.14. The Morgan fingerprint density at radius 3 is 2.68 bits per heavy atom. The van der Waals surface area contributed by atoms with Gasteiger partial charge in [-0.2, -0.15) is 0 Å². The van der Waals surface area contributed by atoms with Crippen LogP contribution in [0, 0.1) is 6.92 Å². The summed E-state index contributed by atoms with van der Waals surface area (Å²) in [5, 5.41) is 11.2. The molecule has 0 aliphatic rings. The number of carboxylic acid groups (broad SMARTS) is 1. The van der Waals surface area contributed by atoms with E-state index >= 15 is 0 Å². The number of aryl methyl sites for hydroxylation is 1. The number of carboxylic acids is 1. The molecule has 1 amide bonds. The van der Waals surface area contributed by atoms with Crippen LogP contribution in [0.15, 0.2) is 18.2 Å². The van der Waals surface area contributed by atoms with E-state index in [0.29, 0.717) is 11.4 Å². The molecule has 1 atom stereocenters. The highest BCUT2D eigenvalue weighted by molar-refractivity contribution is 5.93. The van der Waals surface area contributed by atoms with E-state index in [9.17, 15) is 9.59 Å². The quantitative estimate of drug-likeness (QED) is 0.814. The molecule has 0 aromatic heterocycles. The molecule has 6 nitrogen and oxygen atoms in total. The number of nitrogens with one attached hydrogen (secondary N) is 1. The Morgan fingerprint density at radius 2 is 2.11 bits per heavy atom. The van der Waals surface area contributed by atoms with Crippen LogP contribution in [0.2, 0.25) is 0 Å². The third-order valence-electron chi connectivity index (χ3n) is 2.44. The minimum atomic E-state index is -1.11. The van der Waals surface area contributed by atoms with Crippen molar-refractivity contribution in [2.75, 3.05) is 19.0 Å². The van der Waals surface area contributed by atoms with Gasteiger partial charge in [-0.25, -0.2) is 4.79 Å². The van der Waals surface area contributed by atoms with Gasteiger partial charge in [0.1, 0.15) is 12.4 Å². The van der Waals surface area contributed by atoms with Gasteiger partial charge >= 0.3 is 5.97 Å². The van der Waals surface area contributed by atoms with E-state index in [1.54, 1.807) is 12.1 Å². The Labute approximate surface area is 111 Å². The number of carbonyl (C=O) groups excluding carboxylic acids is 1. The van der Waals surface area contributed by atoms with Crippen molar-refractivity contribution < 1.29 is 24.2 Å². The first-order chi connectivity index (χ1) is 8.93. The van der Waals surface area contributed by atoms with Gasteiger partial charge in [-0.3, -0.25) is 4.79 Å². The molecular weight excluding hydrogens is 250 g/mol. The van der Waals surface area contributed by atoms with E-state index in [2.05, 4.69) is 5.32 Å². The van der Waals surface area contributed by atoms with E-state index in [1.165, 1.54) is 14.0 Å². The molecule has 0 radical (unpaired) electrons. The van der Waals surface area contributed by atoms with Crippen molar-refractivity contribution in [1.29, 1.82) is 0 Å². The molecule has 19 heavy (non-hydrogen) atoms. The second kappa shape index (κ2) is 6.75. The van der Waals surface area contributed by atoms with Gasteiger partial charge in [-0.05, 0) is 31.5 Å². The number of ether oxygens (including phenoxy) is 2. The van der Waals surface area contributed by atoms with Crippen LogP contribution in [-0.2, 0) is 14.3 Å². The third-order valence-corrected chi connectivity index (χ3v) is 2.44. The molecule has 1 aromatic carbocycles. The predicted octanol–water partition coefficient (Wildman–Crippen LogP) is 1.43. The molecule has 104 valence electrons. The topological polar surface area (TPSA) is 84.9 Å². The zero-order valence-electron chi connectivity index (χ0n) is 11.1. The lowest BCUT2D eigenvalue weighted by Gasteiger charge is -2.12. The van der Waals surface area contributed by atoms with E-state index in [4.69, 9.17) is 14.6 Å². The largest absolute Gasteiger partial charge is 0.495 e. The lowest BCUT2D eigenvalue weighted by atomic mass is 10.2. The van der Waals surface area contributed by atoms with Gasteiger partial charge in [0.25, 0.3) is 5.91 Å². The van der Waals surface area contributed by atoms with Crippen LogP contribution in [0.3, 0.4) is 0 Å². The van der Waals surface area contributed by atoms with Gasteiger partial charge in [0.2, 0.25) is 0 Å². The lowest BCUT2D eigenvalue weighted by molar-refractivity contribution is -0.150. The van der Waals surface area contributed by atoms with Crippen molar-refractivity contribution in [2.24, 2.45) is 0 Å². The van der Waals surface area contributed by atoms with Gasteiger partial charge in [0.05, 0.1) is 12.8 Å². The van der Waals surface area contributed by atoms with Crippen LogP contribution in [-0.4, -0.2) is 36.8 Å². The number of methoxy groups -OCH3 is 1. The number of anilines is 1. The van der Waals surface area contributed by atoms with Crippen LogP contribution in [0.25, 0.3) is 0 Å². The molecule has 0 heterocycles. The summed E-state index contributed by atoms with van der Waals surface area (Å²) in [5.74, 6) is -1.01. The fourth-order valence-electron chi connectivity index (χ4n) is 1.38. The summed E-state index contributed by atoms with van der Waals surface area (Å²) >= 11 is 0. The summed E-state index contributed by atoms with van der Waals surface area (Å²) in [5.41, 5.74) is 1.50. The van der Waals surface area contributed by atoms with Crippen LogP contribution in [0.1, 0.15) is 12.5 Å². The molecule has 2 N–H and O–H groups in total. The molecule has 0 unspecified atom stereocenters. The maximum atomic E-state index is 11.6. The van der Waals surface area contributed by atoms with Crippen LogP contribution in [0.5, 0.6) is 5.75 Å². The molecule has 0 aliphatic carbocycles. The molecule has 6 heteroatoms. The maximum Gasteiger partial charge on any atom is 0.332 e. The molecule has 1 rings (SSSR count). The first-order valence-corrected chi connectivity index (χ1v) is 5.73. The minimum absolute atomic E-state index is 0.329. The van der Waals surface area contributed by atoms with Crippen molar-refractivity contribution in [3.05, 3.63) is 23.8 Å².